The van der Waals surface area contributed by atoms with Gasteiger partial charge < -0.3 is 0 Å². The Morgan fingerprint density at radius 1 is 0.720 bits per heavy atom. The van der Waals surface area contributed by atoms with Crippen LogP contribution in [0.2, 0.25) is 5.02 Å². The average molecular weight is 346 g/mol. The Kier molecular flexibility index (Phi) is 4.08. The van der Waals surface area contributed by atoms with Gasteiger partial charge >= 0.3 is 0 Å². The van der Waals surface area contributed by atoms with E-state index in [0.29, 0.717) is 5.02 Å². The number of aromatic nitrogens is 3. The van der Waals surface area contributed by atoms with E-state index in [-0.39, 0.29) is 0 Å². The van der Waals surface area contributed by atoms with E-state index in [1.807, 2.05) is 71.5 Å². The van der Waals surface area contributed by atoms with Gasteiger partial charge in [-0.05, 0) is 17.2 Å². The summed E-state index contributed by atoms with van der Waals surface area (Å²) < 4.78 is 1.87. The van der Waals surface area contributed by atoms with Gasteiger partial charge in [-0.1, -0.05) is 95.7 Å². The summed E-state index contributed by atoms with van der Waals surface area (Å²) in [5.74, 6) is 0. The maximum Gasteiger partial charge on any atom is 0.141 e. The Hall–Kier alpha value is -2.91. The van der Waals surface area contributed by atoms with E-state index in [4.69, 9.17) is 11.6 Å². The van der Waals surface area contributed by atoms with E-state index < -0.39 is 5.54 Å². The van der Waals surface area contributed by atoms with Crippen molar-refractivity contribution in [2.24, 2.45) is 0 Å². The van der Waals surface area contributed by atoms with Gasteiger partial charge in [0, 0.05) is 16.8 Å². The van der Waals surface area contributed by atoms with Gasteiger partial charge in [0.2, 0.25) is 0 Å². The molecule has 0 spiro atoms. The molecule has 0 saturated heterocycles. The summed E-state index contributed by atoms with van der Waals surface area (Å²) in [5, 5.41) is 9.12. The number of benzene rings is 3. The van der Waals surface area contributed by atoms with Gasteiger partial charge in [0.25, 0.3) is 0 Å². The van der Waals surface area contributed by atoms with E-state index in [1.54, 1.807) is 6.20 Å². The highest BCUT2D eigenvalue weighted by Gasteiger charge is 2.40. The first-order chi connectivity index (χ1) is 12.3. The Morgan fingerprint density at radius 3 is 1.80 bits per heavy atom. The van der Waals surface area contributed by atoms with E-state index >= 15 is 0 Å². The Balaban J connectivity index is 2.15. The average Bonchev–Trinajstić information content (AvgIpc) is 3.21. The zero-order valence-electron chi connectivity index (χ0n) is 13.5. The molecule has 1 heterocycles. The first-order valence-electron chi connectivity index (χ1n) is 8.06. The zero-order chi connectivity index (χ0) is 17.1. The van der Waals surface area contributed by atoms with Crippen molar-refractivity contribution in [1.29, 1.82) is 0 Å². The molecule has 0 amide bonds. The van der Waals surface area contributed by atoms with Crippen molar-refractivity contribution in [3.05, 3.63) is 119 Å². The second kappa shape index (κ2) is 6.54. The molecule has 0 aliphatic carbocycles. The summed E-state index contributed by atoms with van der Waals surface area (Å²) in [5.41, 5.74) is 2.40. The van der Waals surface area contributed by atoms with Crippen molar-refractivity contribution in [3.63, 3.8) is 0 Å². The predicted octanol–water partition coefficient (Wildman–Crippen LogP) is 4.77. The standard InChI is InChI=1S/C21H16ClN3/c22-20-14-8-7-13-19(20)21(25-16-15-23-24-25,17-9-3-1-4-10-17)18-11-5-2-6-12-18/h1-16H. The van der Waals surface area contributed by atoms with Gasteiger partial charge in [-0.15, -0.1) is 5.10 Å². The summed E-state index contributed by atoms with van der Waals surface area (Å²) in [7, 11) is 0. The predicted molar refractivity (Wildman–Crippen MR) is 99.6 cm³/mol. The van der Waals surface area contributed by atoms with Crippen LogP contribution in [0.4, 0.5) is 0 Å². The number of rotatable bonds is 4. The lowest BCUT2D eigenvalue weighted by Crippen LogP contribution is -2.38. The quantitative estimate of drug-likeness (QED) is 0.499. The highest BCUT2D eigenvalue weighted by molar-refractivity contribution is 6.31. The van der Waals surface area contributed by atoms with Gasteiger partial charge in [0.1, 0.15) is 5.54 Å². The Bertz CT molecular complexity index is 911. The van der Waals surface area contributed by atoms with Crippen molar-refractivity contribution >= 4 is 11.6 Å². The number of nitrogens with zero attached hydrogens (tertiary/aromatic N) is 3. The molecule has 0 aliphatic heterocycles. The molecule has 4 rings (SSSR count). The fraction of sp³-hybridized carbons (Fsp3) is 0.0476. The number of halogens is 1. The minimum absolute atomic E-state index is 0.686. The van der Waals surface area contributed by atoms with Crippen LogP contribution in [0.3, 0.4) is 0 Å². The van der Waals surface area contributed by atoms with Crippen LogP contribution in [-0.2, 0) is 5.54 Å². The molecule has 0 atom stereocenters. The molecule has 0 aliphatic rings. The number of hydrogen-bond acceptors (Lipinski definition) is 2. The van der Waals surface area contributed by atoms with Crippen LogP contribution in [0.15, 0.2) is 97.3 Å². The van der Waals surface area contributed by atoms with E-state index in [1.165, 1.54) is 0 Å². The van der Waals surface area contributed by atoms with Gasteiger partial charge in [-0.3, -0.25) is 0 Å². The van der Waals surface area contributed by atoms with Crippen LogP contribution in [-0.4, -0.2) is 15.0 Å². The molecule has 0 radical (unpaired) electrons. The molecule has 3 nitrogen and oxygen atoms in total. The van der Waals surface area contributed by atoms with Crippen molar-refractivity contribution in [2.75, 3.05) is 0 Å². The Morgan fingerprint density at radius 2 is 1.28 bits per heavy atom. The molecule has 122 valence electrons. The minimum Gasteiger partial charge on any atom is -0.233 e. The Labute approximate surface area is 151 Å². The molecule has 4 aromatic rings. The van der Waals surface area contributed by atoms with Crippen LogP contribution >= 0.6 is 11.6 Å². The summed E-state index contributed by atoms with van der Waals surface area (Å²) in [6.45, 7) is 0. The fourth-order valence-corrected chi connectivity index (χ4v) is 3.64. The molecule has 0 saturated carbocycles. The molecular weight excluding hydrogens is 330 g/mol. The molecular formula is C21H16ClN3. The van der Waals surface area contributed by atoms with Crippen molar-refractivity contribution in [1.82, 2.24) is 15.0 Å². The first kappa shape index (κ1) is 15.6. The maximum absolute atomic E-state index is 6.66. The highest BCUT2D eigenvalue weighted by Crippen LogP contribution is 2.42. The van der Waals surface area contributed by atoms with Gasteiger partial charge in [-0.2, -0.15) is 0 Å². The lowest BCUT2D eigenvalue weighted by Gasteiger charge is -2.36. The second-order valence-electron chi connectivity index (χ2n) is 5.77. The van der Waals surface area contributed by atoms with Gasteiger partial charge in [-0.25, -0.2) is 4.68 Å². The summed E-state index contributed by atoms with van der Waals surface area (Å²) in [4.78, 5) is 0. The molecule has 0 bridgehead atoms. The topological polar surface area (TPSA) is 30.7 Å². The summed E-state index contributed by atoms with van der Waals surface area (Å²) in [6.07, 6.45) is 3.57. The van der Waals surface area contributed by atoms with Crippen LogP contribution in [0.25, 0.3) is 0 Å². The minimum atomic E-state index is -0.697. The molecule has 0 unspecified atom stereocenters. The summed E-state index contributed by atoms with van der Waals surface area (Å²) >= 11 is 6.66. The van der Waals surface area contributed by atoms with E-state index in [0.717, 1.165) is 16.7 Å². The van der Waals surface area contributed by atoms with E-state index in [2.05, 4.69) is 34.6 Å². The SMILES string of the molecule is Clc1ccccc1C(c1ccccc1)(c1ccccc1)n1ccnn1. The van der Waals surface area contributed by atoms with Gasteiger partial charge in [0.15, 0.2) is 0 Å². The second-order valence-corrected chi connectivity index (χ2v) is 6.18. The van der Waals surface area contributed by atoms with Crippen molar-refractivity contribution < 1.29 is 0 Å². The summed E-state index contributed by atoms with van der Waals surface area (Å²) in [6, 6.07) is 28.4. The molecule has 25 heavy (non-hydrogen) atoms. The van der Waals surface area contributed by atoms with Crippen LogP contribution in [0, 0.1) is 0 Å². The first-order valence-corrected chi connectivity index (χ1v) is 8.44. The monoisotopic (exact) mass is 345 g/mol. The molecule has 0 N–H and O–H groups in total. The third kappa shape index (κ3) is 2.53. The molecule has 0 fully saturated rings. The zero-order valence-corrected chi connectivity index (χ0v) is 14.2. The van der Waals surface area contributed by atoms with Gasteiger partial charge in [0.05, 0.1) is 6.20 Å². The van der Waals surface area contributed by atoms with Crippen molar-refractivity contribution in [2.45, 2.75) is 5.54 Å². The van der Waals surface area contributed by atoms with E-state index in [9.17, 15) is 0 Å². The third-order valence-electron chi connectivity index (χ3n) is 4.41. The molecule has 3 aromatic carbocycles. The molecule has 4 heteroatoms. The fourth-order valence-electron chi connectivity index (χ4n) is 3.37. The highest BCUT2D eigenvalue weighted by atomic mass is 35.5. The van der Waals surface area contributed by atoms with Crippen molar-refractivity contribution in [3.8, 4) is 0 Å². The number of hydrogen-bond donors (Lipinski definition) is 0. The normalized spacial score (nSPS) is 11.4. The third-order valence-corrected chi connectivity index (χ3v) is 4.74. The van der Waals surface area contributed by atoms with Crippen LogP contribution in [0.1, 0.15) is 16.7 Å². The van der Waals surface area contributed by atoms with Crippen LogP contribution < -0.4 is 0 Å². The largest absolute Gasteiger partial charge is 0.233 e. The smallest absolute Gasteiger partial charge is 0.141 e. The lowest BCUT2D eigenvalue weighted by molar-refractivity contribution is 0.446. The maximum atomic E-state index is 6.66. The molecule has 1 aromatic heterocycles. The van der Waals surface area contributed by atoms with Crippen LogP contribution in [0.5, 0.6) is 0 Å². The lowest BCUT2D eigenvalue weighted by atomic mass is 9.77.